The molecule has 0 bridgehead atoms. The number of esters is 2. The van der Waals surface area contributed by atoms with Gasteiger partial charge >= 0.3 is 11.9 Å². The molecule has 192 valence electrons. The molecule has 6 heteroatoms. The van der Waals surface area contributed by atoms with Crippen molar-refractivity contribution >= 4 is 37.2 Å². The lowest BCUT2D eigenvalue weighted by Crippen LogP contribution is -2.06. The van der Waals surface area contributed by atoms with E-state index in [0.717, 1.165) is 12.8 Å². The maximum Gasteiger partial charge on any atom is 0.315 e. The van der Waals surface area contributed by atoms with Crippen LogP contribution in [0.4, 0.5) is 0 Å². The monoisotopic (exact) mass is 492 g/mol. The van der Waals surface area contributed by atoms with Gasteiger partial charge in [-0.2, -0.15) is 25.3 Å². The Labute approximate surface area is 210 Å². The number of ether oxygens (including phenoxy) is 2. The van der Waals surface area contributed by atoms with Gasteiger partial charge in [0.1, 0.15) is 0 Å². The van der Waals surface area contributed by atoms with Crippen LogP contribution in [0.15, 0.2) is 0 Å². The van der Waals surface area contributed by atoms with Gasteiger partial charge in [0.05, 0.1) is 24.7 Å². The van der Waals surface area contributed by atoms with E-state index in [4.69, 9.17) is 9.47 Å². The molecule has 0 aliphatic heterocycles. The minimum absolute atomic E-state index is 0.192. The molecule has 0 aliphatic rings. The molecule has 0 fully saturated rings. The molecule has 0 heterocycles. The molecule has 0 aliphatic carbocycles. The predicted octanol–water partition coefficient (Wildman–Crippen LogP) is 7.98. The van der Waals surface area contributed by atoms with Crippen LogP contribution in [0.5, 0.6) is 0 Å². The summed E-state index contributed by atoms with van der Waals surface area (Å²) in [6.07, 6.45) is 23.1. The summed E-state index contributed by atoms with van der Waals surface area (Å²) in [6, 6.07) is 0. The molecule has 0 N–H and O–H groups in total. The molecule has 0 radical (unpaired) electrons. The van der Waals surface area contributed by atoms with Crippen LogP contribution in [-0.4, -0.2) is 36.7 Å². The summed E-state index contributed by atoms with van der Waals surface area (Å²) in [5.41, 5.74) is 0. The summed E-state index contributed by atoms with van der Waals surface area (Å²) < 4.78 is 9.87. The van der Waals surface area contributed by atoms with E-state index < -0.39 is 0 Å². The molecule has 0 saturated heterocycles. The third-order valence-electron chi connectivity index (χ3n) is 5.28. The Morgan fingerprint density at radius 2 is 0.719 bits per heavy atom. The van der Waals surface area contributed by atoms with Gasteiger partial charge in [0.2, 0.25) is 0 Å². The van der Waals surface area contributed by atoms with Crippen molar-refractivity contribution in [1.82, 2.24) is 0 Å². The van der Waals surface area contributed by atoms with Crippen molar-refractivity contribution in [3.05, 3.63) is 0 Å². The molecule has 0 spiro atoms. The normalized spacial score (nSPS) is 10.4. The van der Waals surface area contributed by atoms with E-state index in [1.54, 1.807) is 0 Å². The van der Waals surface area contributed by atoms with Crippen molar-refractivity contribution in [2.45, 2.75) is 129 Å². The van der Waals surface area contributed by atoms with Crippen LogP contribution >= 0.6 is 25.3 Å². The molecule has 0 rings (SSSR count). The predicted molar refractivity (Wildman–Crippen MR) is 144 cm³/mol. The van der Waals surface area contributed by atoms with E-state index in [1.165, 1.54) is 103 Å². The molecule has 0 atom stereocenters. The zero-order chi connectivity index (χ0) is 24.1. The third kappa shape index (κ3) is 31.8. The number of unbranched alkanes of at least 4 members (excludes halogenated alkanes) is 16. The van der Waals surface area contributed by atoms with Gasteiger partial charge in [-0.3, -0.25) is 9.59 Å². The van der Waals surface area contributed by atoms with E-state index in [0.29, 0.717) is 13.2 Å². The van der Waals surface area contributed by atoms with Gasteiger partial charge < -0.3 is 9.47 Å². The first kappa shape index (κ1) is 33.8. The van der Waals surface area contributed by atoms with Gasteiger partial charge in [0.15, 0.2) is 0 Å². The van der Waals surface area contributed by atoms with Crippen molar-refractivity contribution in [2.24, 2.45) is 0 Å². The van der Waals surface area contributed by atoms with Gasteiger partial charge in [0.25, 0.3) is 0 Å². The summed E-state index contributed by atoms with van der Waals surface area (Å²) in [5, 5.41) is 0. The summed E-state index contributed by atoms with van der Waals surface area (Å²) in [7, 11) is 0. The zero-order valence-corrected chi connectivity index (χ0v) is 22.9. The maximum absolute atomic E-state index is 10.7. The van der Waals surface area contributed by atoms with Crippen molar-refractivity contribution < 1.29 is 19.1 Å². The quantitative estimate of drug-likeness (QED) is 0.0913. The molecule has 0 aromatic carbocycles. The molecule has 0 aromatic heterocycles. The summed E-state index contributed by atoms with van der Waals surface area (Å²) in [6.45, 7) is 5.61. The number of carbonyl (C=O) groups excluding carboxylic acids is 2. The molecular formula is C26H52O4S2. The Balaban J connectivity index is 0. The standard InChI is InChI=1S/2C13H26O2S/c2*1-2-3-4-5-6-7-8-9-10-11-15-13(14)12-16/h2*16H,2-12H2,1H3. The van der Waals surface area contributed by atoms with E-state index >= 15 is 0 Å². The van der Waals surface area contributed by atoms with E-state index in [9.17, 15) is 9.59 Å². The van der Waals surface area contributed by atoms with Crippen LogP contribution in [0.25, 0.3) is 0 Å². The van der Waals surface area contributed by atoms with Crippen molar-refractivity contribution in [3.8, 4) is 0 Å². The molecular weight excluding hydrogens is 440 g/mol. The maximum atomic E-state index is 10.7. The van der Waals surface area contributed by atoms with Crippen molar-refractivity contribution in [3.63, 3.8) is 0 Å². The molecule has 0 saturated carbocycles. The Morgan fingerprint density at radius 1 is 0.469 bits per heavy atom. The molecule has 4 nitrogen and oxygen atoms in total. The van der Waals surface area contributed by atoms with Crippen LogP contribution in [-0.2, 0) is 19.1 Å². The Morgan fingerprint density at radius 3 is 0.969 bits per heavy atom. The first-order valence-electron chi connectivity index (χ1n) is 13.1. The van der Waals surface area contributed by atoms with Gasteiger partial charge in [-0.05, 0) is 12.8 Å². The zero-order valence-electron chi connectivity index (χ0n) is 21.1. The Bertz CT molecular complexity index is 356. The SMILES string of the molecule is CCCCCCCCCCCOC(=O)CS.CCCCCCCCCCCOC(=O)CS. The fraction of sp³-hybridized carbons (Fsp3) is 0.923. The largest absolute Gasteiger partial charge is 0.465 e. The van der Waals surface area contributed by atoms with Crippen LogP contribution in [0.3, 0.4) is 0 Å². The highest BCUT2D eigenvalue weighted by Crippen LogP contribution is 2.10. The smallest absolute Gasteiger partial charge is 0.315 e. The Hall–Kier alpha value is -0.360. The summed E-state index contributed by atoms with van der Waals surface area (Å²) in [4.78, 5) is 21.5. The molecule has 0 aromatic rings. The average molecular weight is 493 g/mol. The van der Waals surface area contributed by atoms with Crippen LogP contribution in [0.2, 0.25) is 0 Å². The molecule has 32 heavy (non-hydrogen) atoms. The fourth-order valence-electron chi connectivity index (χ4n) is 3.29. The highest BCUT2D eigenvalue weighted by atomic mass is 32.1. The Kier molecular flexibility index (Phi) is 32.4. The number of thiol groups is 2. The second-order valence-electron chi connectivity index (χ2n) is 8.41. The minimum Gasteiger partial charge on any atom is -0.465 e. The van der Waals surface area contributed by atoms with E-state index in [2.05, 4.69) is 39.1 Å². The molecule has 0 unspecified atom stereocenters. The highest BCUT2D eigenvalue weighted by molar-refractivity contribution is 7.81. The average Bonchev–Trinajstić information content (AvgIpc) is 2.81. The number of hydrogen-bond acceptors (Lipinski definition) is 6. The van der Waals surface area contributed by atoms with Gasteiger partial charge in [-0.1, -0.05) is 117 Å². The third-order valence-corrected chi connectivity index (χ3v) is 5.80. The first-order valence-corrected chi connectivity index (χ1v) is 14.4. The van der Waals surface area contributed by atoms with E-state index in [-0.39, 0.29) is 23.4 Å². The lowest BCUT2D eigenvalue weighted by molar-refractivity contribution is -0.141. The fourth-order valence-corrected chi connectivity index (χ4v) is 3.47. The lowest BCUT2D eigenvalue weighted by atomic mass is 10.1. The van der Waals surface area contributed by atoms with Gasteiger partial charge in [0, 0.05) is 0 Å². The number of rotatable bonds is 22. The second kappa shape index (κ2) is 30.6. The summed E-state index contributed by atoms with van der Waals surface area (Å²) in [5.74, 6) is -0.0275. The topological polar surface area (TPSA) is 52.6 Å². The minimum atomic E-state index is -0.206. The van der Waals surface area contributed by atoms with Crippen LogP contribution in [0.1, 0.15) is 129 Å². The van der Waals surface area contributed by atoms with Crippen LogP contribution < -0.4 is 0 Å². The van der Waals surface area contributed by atoms with Crippen molar-refractivity contribution in [1.29, 1.82) is 0 Å². The van der Waals surface area contributed by atoms with Crippen LogP contribution in [0, 0.1) is 0 Å². The second-order valence-corrected chi connectivity index (χ2v) is 9.05. The number of hydrogen-bond donors (Lipinski definition) is 2. The van der Waals surface area contributed by atoms with Gasteiger partial charge in [-0.15, -0.1) is 0 Å². The first-order chi connectivity index (χ1) is 15.6. The number of carbonyl (C=O) groups is 2. The highest BCUT2D eigenvalue weighted by Gasteiger charge is 1.98. The molecule has 0 amide bonds. The lowest BCUT2D eigenvalue weighted by Gasteiger charge is -2.03. The van der Waals surface area contributed by atoms with Crippen molar-refractivity contribution in [2.75, 3.05) is 24.7 Å². The summed E-state index contributed by atoms with van der Waals surface area (Å²) >= 11 is 7.68. The van der Waals surface area contributed by atoms with Gasteiger partial charge in [-0.25, -0.2) is 0 Å². The van der Waals surface area contributed by atoms with E-state index in [1.807, 2.05) is 0 Å².